The number of nitrogens with one attached hydrogen (secondary N) is 1. The van der Waals surface area contributed by atoms with Gasteiger partial charge in [0.05, 0.1) is 13.0 Å². The highest BCUT2D eigenvalue weighted by atomic mass is 19.1. The number of hydrogen-bond acceptors (Lipinski definition) is 3. The quantitative estimate of drug-likeness (QED) is 0.701. The maximum absolute atomic E-state index is 11.9. The van der Waals surface area contributed by atoms with Gasteiger partial charge < -0.3 is 14.8 Å². The summed E-state index contributed by atoms with van der Waals surface area (Å²) >= 11 is 0. The maximum Gasteiger partial charge on any atom is 0.226 e. The van der Waals surface area contributed by atoms with E-state index in [0.29, 0.717) is 31.1 Å². The van der Waals surface area contributed by atoms with Crippen molar-refractivity contribution in [1.29, 1.82) is 0 Å². The van der Waals surface area contributed by atoms with Crippen LogP contribution in [-0.2, 0) is 9.53 Å². The summed E-state index contributed by atoms with van der Waals surface area (Å²) in [5.41, 5.74) is 0.688. The molecule has 106 valence electrons. The fourth-order valence-electron chi connectivity index (χ4n) is 1.43. The predicted molar refractivity (Wildman–Crippen MR) is 72.3 cm³/mol. The zero-order valence-electron chi connectivity index (χ0n) is 11.2. The molecular formula is C14H20FNO3. The Labute approximate surface area is 112 Å². The fourth-order valence-corrected chi connectivity index (χ4v) is 1.43. The number of ether oxygens (including phenoxy) is 2. The minimum absolute atomic E-state index is 0.0421. The van der Waals surface area contributed by atoms with Crippen molar-refractivity contribution in [3.05, 3.63) is 24.3 Å². The summed E-state index contributed by atoms with van der Waals surface area (Å²) in [6.07, 6.45) is 1.28. The van der Waals surface area contributed by atoms with Crippen LogP contribution in [0.4, 0.5) is 10.1 Å². The topological polar surface area (TPSA) is 47.6 Å². The van der Waals surface area contributed by atoms with Crippen molar-refractivity contribution in [2.75, 3.05) is 31.8 Å². The third-order valence-corrected chi connectivity index (χ3v) is 2.31. The van der Waals surface area contributed by atoms with Crippen molar-refractivity contribution in [3.63, 3.8) is 0 Å². The summed E-state index contributed by atoms with van der Waals surface area (Å²) in [5, 5.41) is 2.75. The number of halogens is 1. The molecule has 1 aromatic carbocycles. The van der Waals surface area contributed by atoms with Crippen molar-refractivity contribution in [3.8, 4) is 5.75 Å². The SMILES string of the molecule is CCCOCCC(=O)Nc1ccc(OCCF)cc1. The van der Waals surface area contributed by atoms with E-state index < -0.39 is 6.67 Å². The highest BCUT2D eigenvalue weighted by Crippen LogP contribution is 2.15. The molecule has 0 aliphatic heterocycles. The first-order valence-electron chi connectivity index (χ1n) is 6.42. The van der Waals surface area contributed by atoms with E-state index in [9.17, 15) is 9.18 Å². The number of rotatable bonds is 9. The van der Waals surface area contributed by atoms with Gasteiger partial charge in [0.15, 0.2) is 0 Å². The van der Waals surface area contributed by atoms with Gasteiger partial charge in [-0.15, -0.1) is 0 Å². The first-order valence-corrected chi connectivity index (χ1v) is 6.42. The normalized spacial score (nSPS) is 10.2. The summed E-state index contributed by atoms with van der Waals surface area (Å²) < 4.78 is 22.2. The molecule has 0 saturated heterocycles. The van der Waals surface area contributed by atoms with Crippen molar-refractivity contribution >= 4 is 11.6 Å². The van der Waals surface area contributed by atoms with Gasteiger partial charge >= 0.3 is 0 Å². The molecule has 0 atom stereocenters. The van der Waals surface area contributed by atoms with E-state index in [0.717, 1.165) is 6.42 Å². The van der Waals surface area contributed by atoms with Crippen LogP contribution in [0, 0.1) is 0 Å². The Balaban J connectivity index is 2.29. The average Bonchev–Trinajstić information content (AvgIpc) is 2.43. The molecule has 0 bridgehead atoms. The Bertz CT molecular complexity index is 367. The molecule has 4 nitrogen and oxygen atoms in total. The Morgan fingerprint density at radius 1 is 1.21 bits per heavy atom. The Kier molecular flexibility index (Phi) is 7.58. The minimum atomic E-state index is -0.518. The molecule has 0 saturated carbocycles. The summed E-state index contributed by atoms with van der Waals surface area (Å²) in [6, 6.07) is 6.83. The molecule has 1 N–H and O–H groups in total. The third kappa shape index (κ3) is 6.76. The summed E-state index contributed by atoms with van der Waals surface area (Å²) in [7, 11) is 0. The van der Waals surface area contributed by atoms with Crippen molar-refractivity contribution in [2.45, 2.75) is 19.8 Å². The van der Waals surface area contributed by atoms with Crippen LogP contribution in [-0.4, -0.2) is 32.4 Å². The summed E-state index contributed by atoms with van der Waals surface area (Å²) in [6.45, 7) is 2.65. The zero-order chi connectivity index (χ0) is 13.9. The average molecular weight is 269 g/mol. The van der Waals surface area contributed by atoms with Gasteiger partial charge in [0.25, 0.3) is 0 Å². The first kappa shape index (κ1) is 15.4. The summed E-state index contributed by atoms with van der Waals surface area (Å²) in [4.78, 5) is 11.6. The lowest BCUT2D eigenvalue weighted by Crippen LogP contribution is -2.14. The number of anilines is 1. The maximum atomic E-state index is 11.9. The highest BCUT2D eigenvalue weighted by Gasteiger charge is 2.02. The van der Waals surface area contributed by atoms with Gasteiger partial charge in [-0.1, -0.05) is 6.92 Å². The molecule has 0 fully saturated rings. The Morgan fingerprint density at radius 2 is 1.95 bits per heavy atom. The van der Waals surface area contributed by atoms with Crippen LogP contribution in [0.2, 0.25) is 0 Å². The summed E-state index contributed by atoms with van der Waals surface area (Å²) in [5.74, 6) is 0.496. The Morgan fingerprint density at radius 3 is 2.58 bits per heavy atom. The molecule has 0 radical (unpaired) electrons. The monoisotopic (exact) mass is 269 g/mol. The standard InChI is InChI=1S/C14H20FNO3/c1-2-9-18-10-7-14(17)16-12-3-5-13(6-4-12)19-11-8-15/h3-6H,2,7-11H2,1H3,(H,16,17). The van der Waals surface area contributed by atoms with E-state index >= 15 is 0 Å². The smallest absolute Gasteiger partial charge is 0.226 e. The van der Waals surface area contributed by atoms with E-state index in [1.807, 2.05) is 6.92 Å². The van der Waals surface area contributed by atoms with Crippen molar-refractivity contribution in [1.82, 2.24) is 0 Å². The largest absolute Gasteiger partial charge is 0.491 e. The number of hydrogen-bond donors (Lipinski definition) is 1. The van der Waals surface area contributed by atoms with E-state index in [-0.39, 0.29) is 12.5 Å². The lowest BCUT2D eigenvalue weighted by Gasteiger charge is -2.07. The van der Waals surface area contributed by atoms with Crippen LogP contribution >= 0.6 is 0 Å². The molecule has 0 aliphatic carbocycles. The van der Waals surface area contributed by atoms with Crippen LogP contribution in [0.1, 0.15) is 19.8 Å². The Hall–Kier alpha value is -1.62. The van der Waals surface area contributed by atoms with Gasteiger partial charge in [0.2, 0.25) is 5.91 Å². The lowest BCUT2D eigenvalue weighted by molar-refractivity contribution is -0.117. The van der Waals surface area contributed by atoms with Crippen molar-refractivity contribution in [2.24, 2.45) is 0 Å². The van der Waals surface area contributed by atoms with E-state index in [1.54, 1.807) is 24.3 Å². The first-order chi connectivity index (χ1) is 9.26. The second-order valence-corrected chi connectivity index (χ2v) is 3.97. The number of carbonyl (C=O) groups is 1. The number of benzene rings is 1. The van der Waals surface area contributed by atoms with Crippen LogP contribution in [0.15, 0.2) is 24.3 Å². The minimum Gasteiger partial charge on any atom is -0.491 e. The fraction of sp³-hybridized carbons (Fsp3) is 0.500. The van der Waals surface area contributed by atoms with Crippen LogP contribution in [0.3, 0.4) is 0 Å². The van der Waals surface area contributed by atoms with Gasteiger partial charge in [-0.05, 0) is 30.7 Å². The van der Waals surface area contributed by atoms with E-state index in [1.165, 1.54) is 0 Å². The lowest BCUT2D eigenvalue weighted by atomic mass is 10.3. The van der Waals surface area contributed by atoms with Crippen LogP contribution in [0.5, 0.6) is 5.75 Å². The molecular weight excluding hydrogens is 249 g/mol. The van der Waals surface area contributed by atoms with Crippen LogP contribution < -0.4 is 10.1 Å². The molecule has 0 aromatic heterocycles. The predicted octanol–water partition coefficient (Wildman–Crippen LogP) is 2.79. The van der Waals surface area contributed by atoms with Gasteiger partial charge in [0, 0.05) is 12.3 Å². The molecule has 5 heteroatoms. The van der Waals surface area contributed by atoms with E-state index in [2.05, 4.69) is 5.32 Å². The van der Waals surface area contributed by atoms with Crippen LogP contribution in [0.25, 0.3) is 0 Å². The second kappa shape index (κ2) is 9.33. The van der Waals surface area contributed by atoms with E-state index in [4.69, 9.17) is 9.47 Å². The highest BCUT2D eigenvalue weighted by molar-refractivity contribution is 5.90. The molecule has 1 aromatic rings. The molecule has 1 rings (SSSR count). The van der Waals surface area contributed by atoms with Crippen molar-refractivity contribution < 1.29 is 18.7 Å². The second-order valence-electron chi connectivity index (χ2n) is 3.97. The van der Waals surface area contributed by atoms with Gasteiger partial charge in [-0.25, -0.2) is 4.39 Å². The molecule has 0 unspecified atom stereocenters. The number of amides is 1. The van der Waals surface area contributed by atoms with Gasteiger partial charge in [0.1, 0.15) is 19.0 Å². The number of carbonyl (C=O) groups excluding carboxylic acids is 1. The molecule has 1 amide bonds. The zero-order valence-corrected chi connectivity index (χ0v) is 11.2. The molecule has 19 heavy (non-hydrogen) atoms. The van der Waals surface area contributed by atoms with Gasteiger partial charge in [-0.2, -0.15) is 0 Å². The molecule has 0 spiro atoms. The molecule has 0 aliphatic rings. The molecule has 0 heterocycles. The third-order valence-electron chi connectivity index (χ3n) is 2.31. The number of alkyl halides is 1. The van der Waals surface area contributed by atoms with Gasteiger partial charge in [-0.3, -0.25) is 4.79 Å².